The van der Waals surface area contributed by atoms with Crippen molar-refractivity contribution in [2.45, 2.75) is 4.90 Å². The summed E-state index contributed by atoms with van der Waals surface area (Å²) in [6.45, 7) is 0. The van der Waals surface area contributed by atoms with Gasteiger partial charge in [0.05, 0.1) is 5.69 Å². The lowest BCUT2D eigenvalue weighted by Crippen LogP contribution is -2.08. The average molecular weight is 294 g/mol. The molecule has 0 aliphatic rings. The summed E-state index contributed by atoms with van der Waals surface area (Å²) in [5.41, 5.74) is 3.41. The van der Waals surface area contributed by atoms with Crippen LogP contribution in [0.3, 0.4) is 0 Å². The zero-order valence-corrected chi connectivity index (χ0v) is 12.4. The third-order valence-corrected chi connectivity index (χ3v) is 4.00. The van der Waals surface area contributed by atoms with Gasteiger partial charge in [-0.3, -0.25) is 4.79 Å². The minimum absolute atomic E-state index is 0.196. The fourth-order valence-corrected chi connectivity index (χ4v) is 2.62. The van der Waals surface area contributed by atoms with Gasteiger partial charge < -0.3 is 0 Å². The van der Waals surface area contributed by atoms with E-state index in [1.807, 2.05) is 48.7 Å². The molecule has 2 aromatic carbocycles. The maximum absolute atomic E-state index is 11.6. The van der Waals surface area contributed by atoms with E-state index in [-0.39, 0.29) is 5.56 Å². The zero-order chi connectivity index (χ0) is 14.7. The van der Waals surface area contributed by atoms with Crippen molar-refractivity contribution in [3.05, 3.63) is 71.0 Å². The molecule has 0 aliphatic heterocycles. The molecule has 3 nitrogen and oxygen atoms in total. The SMILES string of the molecule is CSc1ccc(-c2n[nH]c(=O)cc2-c2ccccc2)cc1. The molecule has 21 heavy (non-hydrogen) atoms. The Morgan fingerprint density at radius 1 is 0.952 bits per heavy atom. The lowest BCUT2D eigenvalue weighted by Gasteiger charge is -2.08. The van der Waals surface area contributed by atoms with Gasteiger partial charge in [-0.2, -0.15) is 5.10 Å². The molecule has 1 heterocycles. The first kappa shape index (κ1) is 13.6. The van der Waals surface area contributed by atoms with E-state index in [9.17, 15) is 4.79 Å². The summed E-state index contributed by atoms with van der Waals surface area (Å²) in [5, 5.41) is 6.76. The molecular weight excluding hydrogens is 280 g/mol. The van der Waals surface area contributed by atoms with Crippen LogP contribution in [0.4, 0.5) is 0 Å². The van der Waals surface area contributed by atoms with Crippen LogP contribution in [0.1, 0.15) is 0 Å². The summed E-state index contributed by atoms with van der Waals surface area (Å²) in [7, 11) is 0. The first-order valence-corrected chi connectivity index (χ1v) is 7.80. The molecule has 0 fully saturated rings. The van der Waals surface area contributed by atoms with E-state index in [0.29, 0.717) is 0 Å². The molecule has 0 saturated heterocycles. The molecule has 1 N–H and O–H groups in total. The first-order chi connectivity index (χ1) is 10.3. The van der Waals surface area contributed by atoms with Gasteiger partial charge in [0.1, 0.15) is 0 Å². The van der Waals surface area contributed by atoms with Crippen molar-refractivity contribution in [1.82, 2.24) is 10.2 Å². The van der Waals surface area contributed by atoms with Gasteiger partial charge >= 0.3 is 0 Å². The van der Waals surface area contributed by atoms with Crippen molar-refractivity contribution in [2.75, 3.05) is 6.26 Å². The predicted octanol–water partition coefficient (Wildman–Crippen LogP) is 3.83. The van der Waals surface area contributed by atoms with Gasteiger partial charge in [0.2, 0.25) is 0 Å². The topological polar surface area (TPSA) is 45.8 Å². The number of hydrogen-bond donors (Lipinski definition) is 1. The number of thioether (sulfide) groups is 1. The molecule has 104 valence electrons. The van der Waals surface area contributed by atoms with Crippen molar-refractivity contribution < 1.29 is 0 Å². The highest BCUT2D eigenvalue weighted by Crippen LogP contribution is 2.29. The monoisotopic (exact) mass is 294 g/mol. The highest BCUT2D eigenvalue weighted by atomic mass is 32.2. The summed E-state index contributed by atoms with van der Waals surface area (Å²) >= 11 is 1.70. The molecule has 0 atom stereocenters. The normalized spacial score (nSPS) is 10.5. The Bertz CT molecular complexity index is 795. The fourth-order valence-electron chi connectivity index (χ4n) is 2.21. The van der Waals surface area contributed by atoms with Gasteiger partial charge in [-0.15, -0.1) is 11.8 Å². The van der Waals surface area contributed by atoms with E-state index in [1.54, 1.807) is 17.8 Å². The van der Waals surface area contributed by atoms with Crippen LogP contribution in [0.15, 0.2) is 70.4 Å². The van der Waals surface area contributed by atoms with Gasteiger partial charge in [0.15, 0.2) is 0 Å². The Morgan fingerprint density at radius 3 is 2.33 bits per heavy atom. The second-order valence-electron chi connectivity index (χ2n) is 4.59. The molecule has 0 radical (unpaired) electrons. The third-order valence-electron chi connectivity index (χ3n) is 3.26. The summed E-state index contributed by atoms with van der Waals surface area (Å²) in [5.74, 6) is 0. The molecule has 3 aromatic rings. The van der Waals surface area contributed by atoms with Crippen LogP contribution in [0.5, 0.6) is 0 Å². The molecule has 0 amide bonds. The summed E-state index contributed by atoms with van der Waals surface area (Å²) < 4.78 is 0. The maximum Gasteiger partial charge on any atom is 0.264 e. The Morgan fingerprint density at radius 2 is 1.67 bits per heavy atom. The van der Waals surface area contributed by atoms with E-state index in [0.717, 1.165) is 22.4 Å². The molecule has 4 heteroatoms. The number of rotatable bonds is 3. The van der Waals surface area contributed by atoms with E-state index < -0.39 is 0 Å². The van der Waals surface area contributed by atoms with E-state index >= 15 is 0 Å². The molecule has 0 saturated carbocycles. The number of aromatic amines is 1. The van der Waals surface area contributed by atoms with E-state index in [4.69, 9.17) is 0 Å². The Kier molecular flexibility index (Phi) is 3.88. The third kappa shape index (κ3) is 2.90. The number of nitrogens with one attached hydrogen (secondary N) is 1. The number of benzene rings is 2. The zero-order valence-electron chi connectivity index (χ0n) is 11.5. The second-order valence-corrected chi connectivity index (χ2v) is 5.47. The fraction of sp³-hybridized carbons (Fsp3) is 0.0588. The van der Waals surface area contributed by atoms with E-state index in [2.05, 4.69) is 22.3 Å². The van der Waals surface area contributed by atoms with Gasteiger partial charge in [-0.05, 0) is 24.0 Å². The van der Waals surface area contributed by atoms with Gasteiger partial charge in [0.25, 0.3) is 5.56 Å². The summed E-state index contributed by atoms with van der Waals surface area (Å²) in [6.07, 6.45) is 2.04. The summed E-state index contributed by atoms with van der Waals surface area (Å²) in [6, 6.07) is 19.6. The van der Waals surface area contributed by atoms with Crippen LogP contribution in [0.25, 0.3) is 22.4 Å². The van der Waals surface area contributed by atoms with E-state index in [1.165, 1.54) is 4.90 Å². The molecular formula is C17H14N2OS. The molecule has 0 spiro atoms. The molecule has 3 rings (SSSR count). The van der Waals surface area contributed by atoms with Crippen LogP contribution >= 0.6 is 11.8 Å². The quantitative estimate of drug-likeness (QED) is 0.747. The maximum atomic E-state index is 11.6. The van der Waals surface area contributed by atoms with Crippen molar-refractivity contribution in [2.24, 2.45) is 0 Å². The number of nitrogens with zero attached hydrogens (tertiary/aromatic N) is 1. The van der Waals surface area contributed by atoms with Crippen molar-refractivity contribution in [3.8, 4) is 22.4 Å². The first-order valence-electron chi connectivity index (χ1n) is 6.57. The predicted molar refractivity (Wildman–Crippen MR) is 87.5 cm³/mol. The van der Waals surface area contributed by atoms with Gasteiger partial charge in [-0.1, -0.05) is 42.5 Å². The molecule has 0 unspecified atom stereocenters. The van der Waals surface area contributed by atoms with Crippen LogP contribution in [-0.2, 0) is 0 Å². The smallest absolute Gasteiger partial charge is 0.264 e. The Balaban J connectivity index is 2.16. The second kappa shape index (κ2) is 5.97. The van der Waals surface area contributed by atoms with Crippen LogP contribution < -0.4 is 5.56 Å². The Labute approximate surface area is 127 Å². The molecule has 1 aromatic heterocycles. The Hall–Kier alpha value is -2.33. The standard InChI is InChI=1S/C17H14N2OS/c1-21-14-9-7-13(8-10-14)17-15(11-16(20)18-19-17)12-5-3-2-4-6-12/h2-11H,1H3,(H,18,20). The van der Waals surface area contributed by atoms with Crippen LogP contribution in [0.2, 0.25) is 0 Å². The molecule has 0 aliphatic carbocycles. The number of hydrogen-bond acceptors (Lipinski definition) is 3. The van der Waals surface area contributed by atoms with Crippen molar-refractivity contribution >= 4 is 11.8 Å². The summed E-state index contributed by atoms with van der Waals surface area (Å²) in [4.78, 5) is 12.8. The average Bonchev–Trinajstić information content (AvgIpc) is 2.56. The highest BCUT2D eigenvalue weighted by Gasteiger charge is 2.10. The van der Waals surface area contributed by atoms with Gasteiger partial charge in [-0.25, -0.2) is 5.10 Å². The number of H-pyrrole nitrogens is 1. The minimum atomic E-state index is -0.196. The van der Waals surface area contributed by atoms with Crippen LogP contribution in [0, 0.1) is 0 Å². The largest absolute Gasteiger partial charge is 0.268 e. The molecule has 0 bridgehead atoms. The highest BCUT2D eigenvalue weighted by molar-refractivity contribution is 7.98. The lowest BCUT2D eigenvalue weighted by molar-refractivity contribution is 0.997. The number of aromatic nitrogens is 2. The van der Waals surface area contributed by atoms with Gasteiger partial charge in [0, 0.05) is 22.1 Å². The van der Waals surface area contributed by atoms with Crippen molar-refractivity contribution in [3.63, 3.8) is 0 Å². The minimum Gasteiger partial charge on any atom is -0.268 e. The lowest BCUT2D eigenvalue weighted by atomic mass is 10.0. The van der Waals surface area contributed by atoms with Crippen molar-refractivity contribution in [1.29, 1.82) is 0 Å². The van der Waals surface area contributed by atoms with Crippen LogP contribution in [-0.4, -0.2) is 16.5 Å².